The Kier molecular flexibility index (Phi) is 2.82. The molecular formula is C13H22N4. The number of piperidine rings is 1. The Hall–Kier alpha value is -1.03. The van der Waals surface area contributed by atoms with E-state index in [1.807, 2.05) is 12.4 Å². The predicted molar refractivity (Wildman–Crippen MR) is 69.1 cm³/mol. The highest BCUT2D eigenvalue weighted by Crippen LogP contribution is 2.38. The summed E-state index contributed by atoms with van der Waals surface area (Å²) in [6.45, 7) is 4.28. The molecule has 17 heavy (non-hydrogen) atoms. The normalized spacial score (nSPS) is 26.8. The van der Waals surface area contributed by atoms with Crippen molar-refractivity contribution in [1.82, 2.24) is 14.9 Å². The first-order valence-electron chi connectivity index (χ1n) is 6.84. The van der Waals surface area contributed by atoms with Crippen molar-refractivity contribution in [3.8, 4) is 0 Å². The van der Waals surface area contributed by atoms with E-state index in [1.165, 1.54) is 32.1 Å². The van der Waals surface area contributed by atoms with Crippen molar-refractivity contribution >= 4 is 5.95 Å². The second-order valence-electron chi connectivity index (χ2n) is 5.43. The molecule has 0 amide bonds. The van der Waals surface area contributed by atoms with Gasteiger partial charge in [0.2, 0.25) is 5.95 Å². The molecule has 3 rings (SSSR count). The first-order valence-corrected chi connectivity index (χ1v) is 6.84. The minimum absolute atomic E-state index is 0.458. The van der Waals surface area contributed by atoms with E-state index in [1.54, 1.807) is 0 Å². The Morgan fingerprint density at radius 1 is 1.59 bits per heavy atom. The van der Waals surface area contributed by atoms with Crippen molar-refractivity contribution in [3.63, 3.8) is 0 Å². The van der Waals surface area contributed by atoms with Gasteiger partial charge in [0, 0.05) is 30.5 Å². The number of nitrogens with one attached hydrogen (secondary N) is 2. The second kappa shape index (κ2) is 4.33. The standard InChI is InChI=1S/C13H22N4/c1-2-17-9-8-14-12(17)16-11-4-7-15-13(10-11)5-3-6-13/h8-9,11,15H,2-7,10H2,1H3,(H,14,16). The lowest BCUT2D eigenvalue weighted by Crippen LogP contribution is -2.58. The predicted octanol–water partition coefficient (Wildman–Crippen LogP) is 1.99. The Morgan fingerprint density at radius 2 is 2.47 bits per heavy atom. The average Bonchev–Trinajstić information content (AvgIpc) is 2.75. The molecule has 2 fully saturated rings. The van der Waals surface area contributed by atoms with Crippen LogP contribution in [0.5, 0.6) is 0 Å². The number of nitrogens with zero attached hydrogens (tertiary/aromatic N) is 2. The van der Waals surface area contributed by atoms with Gasteiger partial charge in [-0.2, -0.15) is 0 Å². The molecule has 1 unspecified atom stereocenters. The first-order chi connectivity index (χ1) is 8.31. The van der Waals surface area contributed by atoms with E-state index >= 15 is 0 Å². The van der Waals surface area contributed by atoms with Crippen molar-refractivity contribution in [2.24, 2.45) is 0 Å². The number of hydrogen-bond donors (Lipinski definition) is 2. The van der Waals surface area contributed by atoms with Crippen molar-refractivity contribution in [2.45, 2.75) is 57.2 Å². The van der Waals surface area contributed by atoms with Gasteiger partial charge in [0.1, 0.15) is 0 Å². The highest BCUT2D eigenvalue weighted by atomic mass is 15.2. The summed E-state index contributed by atoms with van der Waals surface area (Å²) in [6.07, 6.45) is 10.5. The van der Waals surface area contributed by atoms with Crippen LogP contribution in [0.3, 0.4) is 0 Å². The lowest BCUT2D eigenvalue weighted by Gasteiger charge is -2.48. The number of hydrogen-bond acceptors (Lipinski definition) is 3. The van der Waals surface area contributed by atoms with Crippen molar-refractivity contribution in [1.29, 1.82) is 0 Å². The molecule has 4 nitrogen and oxygen atoms in total. The zero-order valence-electron chi connectivity index (χ0n) is 10.6. The molecule has 1 saturated heterocycles. The van der Waals surface area contributed by atoms with E-state index in [4.69, 9.17) is 0 Å². The first kappa shape index (κ1) is 11.1. The minimum atomic E-state index is 0.458. The number of aromatic nitrogens is 2. The van der Waals surface area contributed by atoms with E-state index in [0.29, 0.717) is 11.6 Å². The lowest BCUT2D eigenvalue weighted by atomic mass is 9.70. The second-order valence-corrected chi connectivity index (χ2v) is 5.43. The summed E-state index contributed by atoms with van der Waals surface area (Å²) < 4.78 is 2.18. The van der Waals surface area contributed by atoms with Gasteiger partial charge in [0.15, 0.2) is 0 Å². The Bertz CT molecular complexity index is 381. The van der Waals surface area contributed by atoms with E-state index in [0.717, 1.165) is 19.0 Å². The smallest absolute Gasteiger partial charge is 0.202 e. The van der Waals surface area contributed by atoms with Crippen LogP contribution in [-0.2, 0) is 6.54 Å². The number of anilines is 1. The van der Waals surface area contributed by atoms with Crippen LogP contribution in [0.15, 0.2) is 12.4 Å². The number of rotatable bonds is 3. The van der Waals surface area contributed by atoms with Gasteiger partial charge in [0.05, 0.1) is 0 Å². The molecule has 2 aliphatic rings. The van der Waals surface area contributed by atoms with Crippen LogP contribution in [0.1, 0.15) is 39.0 Å². The third-order valence-corrected chi connectivity index (χ3v) is 4.33. The van der Waals surface area contributed by atoms with E-state index < -0.39 is 0 Å². The lowest BCUT2D eigenvalue weighted by molar-refractivity contribution is 0.135. The van der Waals surface area contributed by atoms with E-state index in [9.17, 15) is 0 Å². The summed E-state index contributed by atoms with van der Waals surface area (Å²) in [5, 5.41) is 7.32. The van der Waals surface area contributed by atoms with Gasteiger partial charge in [-0.05, 0) is 45.6 Å². The van der Waals surface area contributed by atoms with Gasteiger partial charge in [-0.25, -0.2) is 4.98 Å². The fraction of sp³-hybridized carbons (Fsp3) is 0.769. The molecular weight excluding hydrogens is 212 g/mol. The maximum absolute atomic E-state index is 4.40. The summed E-state index contributed by atoms with van der Waals surface area (Å²) in [6, 6.07) is 0.587. The van der Waals surface area contributed by atoms with Crippen LogP contribution in [0.25, 0.3) is 0 Å². The molecule has 4 heteroatoms. The fourth-order valence-electron chi connectivity index (χ4n) is 3.15. The maximum Gasteiger partial charge on any atom is 0.202 e. The molecule has 1 aliphatic carbocycles. The van der Waals surface area contributed by atoms with Crippen LogP contribution in [0.2, 0.25) is 0 Å². The highest BCUT2D eigenvalue weighted by molar-refractivity contribution is 5.28. The Labute approximate surface area is 103 Å². The SMILES string of the molecule is CCn1ccnc1NC1CCNC2(CCC2)C1. The number of imidazole rings is 1. The van der Waals surface area contributed by atoms with Gasteiger partial charge in [-0.1, -0.05) is 0 Å². The van der Waals surface area contributed by atoms with Gasteiger partial charge < -0.3 is 15.2 Å². The molecule has 1 spiro atoms. The van der Waals surface area contributed by atoms with Crippen molar-refractivity contribution in [3.05, 3.63) is 12.4 Å². The van der Waals surface area contributed by atoms with Gasteiger partial charge in [-0.3, -0.25) is 0 Å². The molecule has 1 atom stereocenters. The molecule has 0 aromatic carbocycles. The van der Waals surface area contributed by atoms with Crippen LogP contribution in [-0.4, -0.2) is 27.7 Å². The van der Waals surface area contributed by atoms with E-state index in [2.05, 4.69) is 27.1 Å². The maximum atomic E-state index is 4.40. The molecule has 1 aromatic heterocycles. The molecule has 1 saturated carbocycles. The summed E-state index contributed by atoms with van der Waals surface area (Å²) in [7, 11) is 0. The summed E-state index contributed by atoms with van der Waals surface area (Å²) in [5.74, 6) is 1.04. The van der Waals surface area contributed by atoms with E-state index in [-0.39, 0.29) is 0 Å². The van der Waals surface area contributed by atoms with Crippen molar-refractivity contribution in [2.75, 3.05) is 11.9 Å². The van der Waals surface area contributed by atoms with Crippen LogP contribution in [0.4, 0.5) is 5.95 Å². The van der Waals surface area contributed by atoms with Crippen LogP contribution >= 0.6 is 0 Å². The molecule has 1 aromatic rings. The third kappa shape index (κ3) is 2.06. The quantitative estimate of drug-likeness (QED) is 0.840. The van der Waals surface area contributed by atoms with Gasteiger partial charge in [0.25, 0.3) is 0 Å². The minimum Gasteiger partial charge on any atom is -0.353 e. The van der Waals surface area contributed by atoms with Crippen LogP contribution in [0, 0.1) is 0 Å². The van der Waals surface area contributed by atoms with Gasteiger partial charge in [-0.15, -0.1) is 0 Å². The van der Waals surface area contributed by atoms with Crippen LogP contribution < -0.4 is 10.6 Å². The Balaban J connectivity index is 1.65. The zero-order valence-corrected chi connectivity index (χ0v) is 10.6. The molecule has 94 valence electrons. The zero-order chi connectivity index (χ0) is 11.7. The summed E-state index contributed by atoms with van der Waals surface area (Å²) in [4.78, 5) is 4.40. The third-order valence-electron chi connectivity index (χ3n) is 4.33. The topological polar surface area (TPSA) is 41.9 Å². The van der Waals surface area contributed by atoms with Gasteiger partial charge >= 0.3 is 0 Å². The molecule has 2 N–H and O–H groups in total. The molecule has 0 radical (unpaired) electrons. The Morgan fingerprint density at radius 3 is 3.18 bits per heavy atom. The van der Waals surface area contributed by atoms with Crippen molar-refractivity contribution < 1.29 is 0 Å². The highest BCUT2D eigenvalue weighted by Gasteiger charge is 2.40. The molecule has 1 aliphatic heterocycles. The monoisotopic (exact) mass is 234 g/mol. The summed E-state index contributed by atoms with van der Waals surface area (Å²) in [5.41, 5.74) is 0.458. The fourth-order valence-corrected chi connectivity index (χ4v) is 3.15. The summed E-state index contributed by atoms with van der Waals surface area (Å²) >= 11 is 0. The number of aryl methyl sites for hydroxylation is 1. The largest absolute Gasteiger partial charge is 0.353 e. The molecule has 0 bridgehead atoms. The average molecular weight is 234 g/mol. The molecule has 2 heterocycles.